The van der Waals surface area contributed by atoms with Crippen molar-refractivity contribution in [3.05, 3.63) is 95.8 Å². The Balaban J connectivity index is 0.000000178. The topological polar surface area (TPSA) is 0 Å². The normalized spacial score (nSPS) is 16.6. The number of aryl methyl sites for hydroxylation is 2. The molecule has 0 atom stereocenters. The molecule has 0 unspecified atom stereocenters. The summed E-state index contributed by atoms with van der Waals surface area (Å²) in [6, 6.07) is 14.5. The number of benzene rings is 2. The Morgan fingerprint density at radius 3 is 1.85 bits per heavy atom. The maximum atomic E-state index is 3.45. The van der Waals surface area contributed by atoms with Crippen LogP contribution in [0.1, 0.15) is 92.9 Å². The molecule has 0 amide bonds. The summed E-state index contributed by atoms with van der Waals surface area (Å²) in [6.45, 7) is 7.32. The van der Waals surface area contributed by atoms with E-state index in [4.69, 9.17) is 0 Å². The molecule has 2 aromatic carbocycles. The van der Waals surface area contributed by atoms with Gasteiger partial charge >= 0.3 is 30.2 Å². The third-order valence-electron chi connectivity index (χ3n) is 6.31. The molecule has 0 saturated heterocycles. The summed E-state index contributed by atoms with van der Waals surface area (Å²) in [5, 5.41) is 0. The molecule has 4 aliphatic carbocycles. The van der Waals surface area contributed by atoms with E-state index in [1.165, 1.54) is 121 Å². The number of hydrogen-bond donors (Lipinski definition) is 0. The van der Waals surface area contributed by atoms with Gasteiger partial charge in [-0.2, -0.15) is 55.5 Å². The standard InChI is InChI=1S/C15H13.2C6H11.C5H5.Si.Zr/c1-10-3-5-14-12(7-10)9-13-8-11(2)4-6-15(13)14;2*1-2-4-6-5-3-1;1-2-4-5-3-1;;/h3-7H,9H2,1-2H3;2*1H,2-6H2;1-3H,4H2;;/q4*-1;;. The summed E-state index contributed by atoms with van der Waals surface area (Å²) < 4.78 is 0. The van der Waals surface area contributed by atoms with Crippen molar-refractivity contribution in [1.29, 1.82) is 0 Å². The first-order valence-electron chi connectivity index (χ1n) is 13.0. The zero-order valence-electron chi connectivity index (χ0n) is 21.3. The molecule has 0 N–H and O–H groups in total. The fourth-order valence-electron chi connectivity index (χ4n) is 4.51. The van der Waals surface area contributed by atoms with Crippen molar-refractivity contribution in [1.82, 2.24) is 0 Å². The van der Waals surface area contributed by atoms with Crippen molar-refractivity contribution >= 4 is 6.88 Å². The Labute approximate surface area is 226 Å². The van der Waals surface area contributed by atoms with Crippen LogP contribution < -0.4 is 0 Å². The van der Waals surface area contributed by atoms with Gasteiger partial charge in [-0.1, -0.05) is 74.8 Å². The number of fused-ring (bicyclic) bond motifs is 3. The predicted molar refractivity (Wildman–Crippen MR) is 145 cm³/mol. The van der Waals surface area contributed by atoms with Crippen molar-refractivity contribution in [2.45, 2.75) is 90.9 Å². The minimum absolute atomic E-state index is 1.01. The third-order valence-corrected chi connectivity index (χ3v) is 6.31. The molecule has 180 valence electrons. The van der Waals surface area contributed by atoms with E-state index in [1.54, 1.807) is 0 Å². The van der Waals surface area contributed by atoms with Gasteiger partial charge in [-0.15, -0.1) is 17.5 Å². The van der Waals surface area contributed by atoms with Crippen LogP contribution in [0.25, 0.3) is 11.1 Å². The van der Waals surface area contributed by atoms with E-state index in [9.17, 15) is 0 Å². The Morgan fingerprint density at radius 1 is 0.794 bits per heavy atom. The van der Waals surface area contributed by atoms with Gasteiger partial charge in [-0.25, -0.2) is 12.2 Å². The van der Waals surface area contributed by atoms with Crippen molar-refractivity contribution in [3.63, 3.8) is 0 Å². The Kier molecular flexibility index (Phi) is 15.8. The van der Waals surface area contributed by atoms with Gasteiger partial charge in [0.2, 0.25) is 0 Å². The van der Waals surface area contributed by atoms with E-state index < -0.39 is 0 Å². The predicted octanol–water partition coefficient (Wildman–Crippen LogP) is 8.91. The molecular formula is C32H40SiZr-4. The molecule has 0 nitrogen and oxygen atoms in total. The Hall–Kier alpha value is -0.980. The van der Waals surface area contributed by atoms with Crippen molar-refractivity contribution in [2.75, 3.05) is 0 Å². The summed E-state index contributed by atoms with van der Waals surface area (Å²) in [5.74, 6) is 0. The molecule has 2 aromatic rings. The molecule has 0 aliphatic heterocycles. The van der Waals surface area contributed by atoms with Crippen molar-refractivity contribution in [3.8, 4) is 11.1 Å². The molecule has 0 heterocycles. The average molecular weight is 544 g/mol. The Bertz CT molecular complexity index is 793. The fraction of sp³-hybridized carbons (Fsp3) is 0.438. The van der Waals surface area contributed by atoms with Crippen LogP contribution in [-0.4, -0.2) is 6.88 Å². The zero-order chi connectivity index (χ0) is 24.4. The maximum absolute atomic E-state index is 3.45. The van der Waals surface area contributed by atoms with Gasteiger partial charge in [0.25, 0.3) is 0 Å². The minimum atomic E-state index is 1.01. The van der Waals surface area contributed by atoms with Crippen LogP contribution in [0.15, 0.2) is 48.6 Å². The summed E-state index contributed by atoms with van der Waals surface area (Å²) >= 11 is 1.36. The molecule has 4 aliphatic rings. The third kappa shape index (κ3) is 11.2. The van der Waals surface area contributed by atoms with Crippen LogP contribution in [-0.2, 0) is 29.8 Å². The SMILES string of the molecule is Cc1[c-]c2c(cc1)-c1ccc(C)cc1C2.[C-]1=CC=CC1.[CH-]1CCCCC1.[CH-]1CCCCC1.[Si]=[Zr]. The van der Waals surface area contributed by atoms with E-state index in [2.05, 4.69) is 82.1 Å². The van der Waals surface area contributed by atoms with Crippen LogP contribution in [0.5, 0.6) is 0 Å². The van der Waals surface area contributed by atoms with Gasteiger partial charge in [-0.3, -0.25) is 6.08 Å². The zero-order valence-corrected chi connectivity index (χ0v) is 24.7. The monoisotopic (exact) mass is 542 g/mol. The Morgan fingerprint density at radius 2 is 1.41 bits per heavy atom. The van der Waals surface area contributed by atoms with Crippen molar-refractivity contribution in [2.24, 2.45) is 0 Å². The first-order valence-corrected chi connectivity index (χ1v) is 17.1. The second-order valence-corrected chi connectivity index (χ2v) is 9.23. The molecule has 0 aromatic heterocycles. The molecule has 0 bridgehead atoms. The van der Waals surface area contributed by atoms with Crippen LogP contribution >= 0.6 is 0 Å². The van der Waals surface area contributed by atoms with Crippen LogP contribution in [0.4, 0.5) is 0 Å². The second kappa shape index (κ2) is 18.3. The van der Waals surface area contributed by atoms with Gasteiger partial charge in [0.15, 0.2) is 0 Å². The van der Waals surface area contributed by atoms with Crippen LogP contribution in [0.3, 0.4) is 0 Å². The van der Waals surface area contributed by atoms with E-state index in [1.807, 2.05) is 12.2 Å². The van der Waals surface area contributed by atoms with Gasteiger partial charge < -0.3 is 12.8 Å². The molecule has 2 radical (unpaired) electrons. The molecule has 2 fully saturated rings. The van der Waals surface area contributed by atoms with Gasteiger partial charge in [0.1, 0.15) is 0 Å². The molecule has 34 heavy (non-hydrogen) atoms. The van der Waals surface area contributed by atoms with E-state index in [-0.39, 0.29) is 0 Å². The van der Waals surface area contributed by atoms with E-state index >= 15 is 0 Å². The summed E-state index contributed by atoms with van der Waals surface area (Å²) in [5.41, 5.74) is 8.15. The molecular weight excluding hydrogens is 504 g/mol. The first-order chi connectivity index (χ1) is 16.7. The van der Waals surface area contributed by atoms with Gasteiger partial charge in [0.05, 0.1) is 0 Å². The molecule has 0 spiro atoms. The quantitative estimate of drug-likeness (QED) is 0.196. The van der Waals surface area contributed by atoms with Crippen LogP contribution in [0.2, 0.25) is 0 Å². The number of rotatable bonds is 0. The van der Waals surface area contributed by atoms with Gasteiger partial charge in [0, 0.05) is 0 Å². The summed E-state index contributed by atoms with van der Waals surface area (Å²) in [4.78, 5) is 0. The van der Waals surface area contributed by atoms with Gasteiger partial charge in [-0.05, 0) is 18.9 Å². The fourth-order valence-corrected chi connectivity index (χ4v) is 4.51. The number of hydrogen-bond acceptors (Lipinski definition) is 0. The number of allylic oxidation sites excluding steroid dienone is 4. The van der Waals surface area contributed by atoms with E-state index in [0.29, 0.717) is 0 Å². The van der Waals surface area contributed by atoms with Crippen molar-refractivity contribution < 1.29 is 23.3 Å². The summed E-state index contributed by atoms with van der Waals surface area (Å²) in [7, 11) is 0. The molecule has 2 heteroatoms. The summed E-state index contributed by atoms with van der Waals surface area (Å²) in [6.07, 6.45) is 30.0. The molecule has 6 rings (SSSR count). The van der Waals surface area contributed by atoms with Crippen LogP contribution in [0, 0.1) is 38.8 Å². The molecule has 2 saturated carbocycles. The van der Waals surface area contributed by atoms with E-state index in [0.717, 1.165) is 12.8 Å². The second-order valence-electron chi connectivity index (χ2n) is 9.23. The average Bonchev–Trinajstić information content (AvgIpc) is 3.59. The first kappa shape index (κ1) is 29.3.